The highest BCUT2D eigenvalue weighted by Crippen LogP contribution is 2.32. The molecule has 0 spiro atoms. The third-order valence-corrected chi connectivity index (χ3v) is 7.53. The number of hydrogen-bond donors (Lipinski definition) is 1. The van der Waals surface area contributed by atoms with Crippen molar-refractivity contribution in [2.75, 3.05) is 24.5 Å². The molecule has 0 bridgehead atoms. The van der Waals surface area contributed by atoms with Crippen molar-refractivity contribution in [2.24, 2.45) is 5.92 Å². The summed E-state index contributed by atoms with van der Waals surface area (Å²) in [4.78, 5) is 12.9. The Morgan fingerprint density at radius 2 is 1.84 bits per heavy atom. The lowest BCUT2D eigenvalue weighted by atomic mass is 9.99. The molecule has 0 aliphatic heterocycles. The van der Waals surface area contributed by atoms with Crippen LogP contribution in [0.15, 0.2) is 47.4 Å². The smallest absolute Gasteiger partial charge is 0.264 e. The van der Waals surface area contributed by atoms with E-state index in [1.807, 2.05) is 6.92 Å². The van der Waals surface area contributed by atoms with Crippen LogP contribution in [0.25, 0.3) is 0 Å². The summed E-state index contributed by atoms with van der Waals surface area (Å²) in [7, 11) is -2.50. The van der Waals surface area contributed by atoms with Gasteiger partial charge in [-0.1, -0.05) is 62.4 Å². The van der Waals surface area contributed by atoms with E-state index in [9.17, 15) is 13.2 Å². The van der Waals surface area contributed by atoms with E-state index in [0.29, 0.717) is 23.9 Å². The van der Waals surface area contributed by atoms with Crippen molar-refractivity contribution in [1.29, 1.82) is 0 Å². The van der Waals surface area contributed by atoms with E-state index < -0.39 is 10.0 Å². The monoisotopic (exact) mass is 480 g/mol. The van der Waals surface area contributed by atoms with Crippen molar-refractivity contribution in [3.63, 3.8) is 0 Å². The van der Waals surface area contributed by atoms with Gasteiger partial charge in [0.05, 0.1) is 22.7 Å². The molecule has 1 amide bonds. The van der Waals surface area contributed by atoms with Gasteiger partial charge in [-0.05, 0) is 49.6 Å². The number of sulfonamides is 1. The molecule has 0 heterocycles. The Morgan fingerprint density at radius 3 is 2.41 bits per heavy atom. The fourth-order valence-electron chi connectivity index (χ4n) is 3.35. The molecule has 0 aliphatic carbocycles. The number of aryl methyl sites for hydroxylation is 1. The molecule has 0 radical (unpaired) electrons. The van der Waals surface area contributed by atoms with E-state index in [4.69, 9.17) is 16.3 Å². The lowest BCUT2D eigenvalue weighted by Crippen LogP contribution is -2.42. The summed E-state index contributed by atoms with van der Waals surface area (Å²) in [5, 5.41) is 3.17. The number of benzene rings is 2. The molecular formula is C24H33ClN2O4S. The third kappa shape index (κ3) is 6.87. The van der Waals surface area contributed by atoms with Gasteiger partial charge in [0, 0.05) is 6.54 Å². The molecule has 8 heteroatoms. The third-order valence-electron chi connectivity index (χ3n) is 5.45. The van der Waals surface area contributed by atoms with Crippen LogP contribution in [0.1, 0.15) is 45.1 Å². The van der Waals surface area contributed by atoms with Gasteiger partial charge in [-0.25, -0.2) is 8.42 Å². The number of amides is 1. The molecule has 32 heavy (non-hydrogen) atoms. The van der Waals surface area contributed by atoms with Crippen LogP contribution < -0.4 is 14.4 Å². The number of hydrogen-bond acceptors (Lipinski definition) is 4. The Morgan fingerprint density at radius 1 is 1.16 bits per heavy atom. The first kappa shape index (κ1) is 26.0. The lowest BCUT2D eigenvalue weighted by Gasteiger charge is -2.25. The largest absolute Gasteiger partial charge is 0.495 e. The Hall–Kier alpha value is -2.25. The van der Waals surface area contributed by atoms with Crippen LogP contribution in [0.2, 0.25) is 5.02 Å². The second-order valence-corrected chi connectivity index (χ2v) is 10.1. The van der Waals surface area contributed by atoms with Gasteiger partial charge >= 0.3 is 0 Å². The quantitative estimate of drug-likeness (QED) is 0.454. The second kappa shape index (κ2) is 12.1. The fraction of sp³-hybridized carbons (Fsp3) is 0.458. The highest BCUT2D eigenvalue weighted by atomic mass is 35.5. The molecule has 2 aromatic rings. The topological polar surface area (TPSA) is 75.7 Å². The van der Waals surface area contributed by atoms with Crippen molar-refractivity contribution in [3.05, 3.63) is 53.1 Å². The zero-order valence-corrected chi connectivity index (χ0v) is 20.8. The molecule has 0 aliphatic rings. The van der Waals surface area contributed by atoms with Gasteiger partial charge in [-0.15, -0.1) is 0 Å². The zero-order valence-electron chi connectivity index (χ0n) is 19.2. The van der Waals surface area contributed by atoms with E-state index >= 15 is 0 Å². The van der Waals surface area contributed by atoms with Crippen LogP contribution >= 0.6 is 11.6 Å². The maximum absolute atomic E-state index is 13.5. The highest BCUT2D eigenvalue weighted by Gasteiger charge is 2.28. The number of halogens is 1. The summed E-state index contributed by atoms with van der Waals surface area (Å²) in [6.07, 6.45) is 4.20. The number of ether oxygens (including phenoxy) is 1. The van der Waals surface area contributed by atoms with Gasteiger partial charge < -0.3 is 10.1 Å². The molecule has 0 fully saturated rings. The summed E-state index contributed by atoms with van der Waals surface area (Å²) < 4.78 is 33.2. The molecule has 0 saturated carbocycles. The van der Waals surface area contributed by atoms with Crippen LogP contribution in [-0.4, -0.2) is 34.5 Å². The van der Waals surface area contributed by atoms with E-state index in [0.717, 1.165) is 35.6 Å². The summed E-state index contributed by atoms with van der Waals surface area (Å²) in [5.74, 6) is 0.438. The Kier molecular flexibility index (Phi) is 9.84. The number of methoxy groups -OCH3 is 1. The van der Waals surface area contributed by atoms with E-state index in [-0.39, 0.29) is 22.4 Å². The van der Waals surface area contributed by atoms with Crippen LogP contribution in [0, 0.1) is 12.8 Å². The van der Waals surface area contributed by atoms with Crippen LogP contribution in [0.5, 0.6) is 5.75 Å². The summed E-state index contributed by atoms with van der Waals surface area (Å²) in [6, 6.07) is 11.2. The zero-order chi connectivity index (χ0) is 23.7. The van der Waals surface area contributed by atoms with Crippen molar-refractivity contribution < 1.29 is 17.9 Å². The van der Waals surface area contributed by atoms with Gasteiger partial charge in [0.15, 0.2) is 0 Å². The Labute approximate surface area is 197 Å². The predicted octanol–water partition coefficient (Wildman–Crippen LogP) is 5.18. The van der Waals surface area contributed by atoms with Gasteiger partial charge in [0.1, 0.15) is 12.3 Å². The maximum Gasteiger partial charge on any atom is 0.264 e. The van der Waals surface area contributed by atoms with Crippen LogP contribution in [0.3, 0.4) is 0 Å². The lowest BCUT2D eigenvalue weighted by molar-refractivity contribution is -0.119. The number of nitrogens with one attached hydrogen (secondary N) is 1. The van der Waals surface area contributed by atoms with Gasteiger partial charge in [-0.2, -0.15) is 0 Å². The van der Waals surface area contributed by atoms with E-state index in [1.165, 1.54) is 13.2 Å². The summed E-state index contributed by atoms with van der Waals surface area (Å²) in [5.41, 5.74) is 1.24. The average Bonchev–Trinajstić information content (AvgIpc) is 2.77. The molecule has 176 valence electrons. The Bertz CT molecular complexity index is 994. The molecule has 0 aromatic heterocycles. The van der Waals surface area contributed by atoms with Crippen molar-refractivity contribution in [2.45, 2.75) is 51.3 Å². The number of nitrogens with zero attached hydrogens (tertiary/aromatic N) is 1. The minimum atomic E-state index is -3.99. The number of carbonyl (C=O) groups excluding carboxylic acids is 1. The van der Waals surface area contributed by atoms with Crippen LogP contribution in [0.4, 0.5) is 5.69 Å². The van der Waals surface area contributed by atoms with E-state index in [1.54, 1.807) is 36.4 Å². The molecule has 2 rings (SSSR count). The van der Waals surface area contributed by atoms with Crippen molar-refractivity contribution in [1.82, 2.24) is 5.32 Å². The molecule has 2 aromatic carbocycles. The van der Waals surface area contributed by atoms with Crippen molar-refractivity contribution in [3.8, 4) is 5.75 Å². The number of rotatable bonds is 12. The van der Waals surface area contributed by atoms with Gasteiger partial charge in [0.2, 0.25) is 5.91 Å². The average molecular weight is 481 g/mol. The second-order valence-electron chi connectivity index (χ2n) is 7.86. The highest BCUT2D eigenvalue weighted by molar-refractivity contribution is 7.92. The Balaban J connectivity index is 2.31. The minimum absolute atomic E-state index is 0.109. The molecular weight excluding hydrogens is 448 g/mol. The number of anilines is 1. The van der Waals surface area contributed by atoms with Gasteiger partial charge in [-0.3, -0.25) is 9.10 Å². The minimum Gasteiger partial charge on any atom is -0.495 e. The van der Waals surface area contributed by atoms with E-state index in [2.05, 4.69) is 19.2 Å². The number of unbranched alkanes of at least 4 members (excludes halogenated alkanes) is 1. The predicted molar refractivity (Wildman–Crippen MR) is 130 cm³/mol. The normalized spacial score (nSPS) is 12.3. The molecule has 6 nitrogen and oxygen atoms in total. The summed E-state index contributed by atoms with van der Waals surface area (Å²) in [6.45, 7) is 6.30. The fourth-order valence-corrected chi connectivity index (χ4v) is 5.02. The standard InChI is InChI=1S/C24H33ClN2O4S/c1-5-7-8-19(6-2)16-26-24(28)17-27(20-11-14-23(31-4)22(25)15-20)32(29,30)21-12-9-18(3)10-13-21/h9-15,19H,5-8,16-17H2,1-4H3,(H,26,28)/t19-/m1/s1. The number of carbonyl (C=O) groups is 1. The first-order valence-electron chi connectivity index (χ1n) is 10.9. The maximum atomic E-state index is 13.5. The SMILES string of the molecule is CCCC[C@@H](CC)CNC(=O)CN(c1ccc(OC)c(Cl)c1)S(=O)(=O)c1ccc(C)cc1. The molecule has 0 unspecified atom stereocenters. The summed E-state index contributed by atoms with van der Waals surface area (Å²) >= 11 is 6.25. The van der Waals surface area contributed by atoms with Crippen LogP contribution in [-0.2, 0) is 14.8 Å². The van der Waals surface area contributed by atoms with Gasteiger partial charge in [0.25, 0.3) is 10.0 Å². The van der Waals surface area contributed by atoms with Crippen molar-refractivity contribution >= 4 is 33.2 Å². The molecule has 0 saturated heterocycles. The first-order valence-corrected chi connectivity index (χ1v) is 12.7. The molecule has 1 N–H and O–H groups in total. The first-order chi connectivity index (χ1) is 15.2. The molecule has 1 atom stereocenters.